The highest BCUT2D eigenvalue weighted by Gasteiger charge is 2.14. The first-order chi connectivity index (χ1) is 6.61. The molecule has 1 amide bonds. The molecule has 0 aromatic heterocycles. The summed E-state index contributed by atoms with van der Waals surface area (Å²) in [5, 5.41) is 0. The molecule has 0 spiro atoms. The van der Waals surface area contributed by atoms with Gasteiger partial charge in [0, 0.05) is 6.42 Å². The summed E-state index contributed by atoms with van der Waals surface area (Å²) in [6, 6.07) is 0. The molecule has 4 nitrogen and oxygen atoms in total. The molecule has 1 atom stereocenters. The Bertz CT molecular complexity index is 160. The van der Waals surface area contributed by atoms with E-state index in [-0.39, 0.29) is 5.91 Å². The maximum absolute atomic E-state index is 11.1. The second kappa shape index (κ2) is 7.76. The number of nitrogens with two attached hydrogens (primary N) is 1. The molecular weight excluding hydrogens is 180 g/mol. The lowest BCUT2D eigenvalue weighted by Gasteiger charge is -2.19. The van der Waals surface area contributed by atoms with Crippen LogP contribution in [0.15, 0.2) is 0 Å². The van der Waals surface area contributed by atoms with Crippen molar-refractivity contribution in [1.82, 2.24) is 5.48 Å². The van der Waals surface area contributed by atoms with E-state index in [2.05, 4.69) is 24.2 Å². The van der Waals surface area contributed by atoms with E-state index in [4.69, 9.17) is 5.73 Å². The third-order valence-electron chi connectivity index (χ3n) is 2.44. The molecule has 3 N–H and O–H groups in total. The van der Waals surface area contributed by atoms with Crippen LogP contribution in [0.4, 0.5) is 0 Å². The van der Waals surface area contributed by atoms with Crippen LogP contribution >= 0.6 is 0 Å². The van der Waals surface area contributed by atoms with Crippen molar-refractivity contribution in [3.05, 3.63) is 0 Å². The third-order valence-corrected chi connectivity index (χ3v) is 2.44. The molecule has 14 heavy (non-hydrogen) atoms. The molecule has 0 aliphatic heterocycles. The highest BCUT2D eigenvalue weighted by molar-refractivity contribution is 5.74. The lowest BCUT2D eigenvalue weighted by atomic mass is 9.88. The molecule has 0 fully saturated rings. The minimum Gasteiger partial charge on any atom is -0.330 e. The zero-order valence-corrected chi connectivity index (χ0v) is 9.38. The lowest BCUT2D eigenvalue weighted by Crippen LogP contribution is -2.23. The van der Waals surface area contributed by atoms with Crippen molar-refractivity contribution in [1.29, 1.82) is 0 Å². The fraction of sp³-hybridized carbons (Fsp3) is 0.900. The monoisotopic (exact) mass is 202 g/mol. The average molecular weight is 202 g/mol. The van der Waals surface area contributed by atoms with E-state index in [1.807, 2.05) is 0 Å². The van der Waals surface area contributed by atoms with Gasteiger partial charge in [-0.05, 0) is 31.2 Å². The SMILES string of the molecule is CONC(=O)CCC(CCN)C(C)C. The summed E-state index contributed by atoms with van der Waals surface area (Å²) >= 11 is 0. The maximum atomic E-state index is 11.1. The van der Waals surface area contributed by atoms with Gasteiger partial charge >= 0.3 is 0 Å². The summed E-state index contributed by atoms with van der Waals surface area (Å²) in [6.07, 6.45) is 2.37. The van der Waals surface area contributed by atoms with Gasteiger partial charge in [-0.2, -0.15) is 0 Å². The molecular formula is C10H22N2O2. The van der Waals surface area contributed by atoms with Crippen LogP contribution in [0, 0.1) is 11.8 Å². The fourth-order valence-electron chi connectivity index (χ4n) is 1.51. The van der Waals surface area contributed by atoms with Crippen molar-refractivity contribution in [3.8, 4) is 0 Å². The maximum Gasteiger partial charge on any atom is 0.243 e. The Morgan fingerprint density at radius 3 is 2.50 bits per heavy atom. The molecule has 0 aliphatic carbocycles. The molecule has 4 heteroatoms. The van der Waals surface area contributed by atoms with E-state index in [1.54, 1.807) is 0 Å². The van der Waals surface area contributed by atoms with Gasteiger partial charge in [0.25, 0.3) is 0 Å². The van der Waals surface area contributed by atoms with E-state index in [9.17, 15) is 4.79 Å². The summed E-state index contributed by atoms with van der Waals surface area (Å²) in [6.45, 7) is 5.01. The number of hydrogen-bond donors (Lipinski definition) is 2. The zero-order valence-electron chi connectivity index (χ0n) is 9.38. The Balaban J connectivity index is 3.75. The van der Waals surface area contributed by atoms with Gasteiger partial charge in [-0.15, -0.1) is 0 Å². The molecule has 0 radical (unpaired) electrons. The van der Waals surface area contributed by atoms with Gasteiger partial charge in [0.2, 0.25) is 5.91 Å². The van der Waals surface area contributed by atoms with Crippen LogP contribution in [0.25, 0.3) is 0 Å². The second-order valence-corrected chi connectivity index (χ2v) is 3.85. The van der Waals surface area contributed by atoms with Crippen LogP contribution in [-0.4, -0.2) is 19.6 Å². The number of carbonyl (C=O) groups excluding carboxylic acids is 1. The first-order valence-electron chi connectivity index (χ1n) is 5.13. The second-order valence-electron chi connectivity index (χ2n) is 3.85. The smallest absolute Gasteiger partial charge is 0.243 e. The Morgan fingerprint density at radius 2 is 2.07 bits per heavy atom. The number of nitrogens with one attached hydrogen (secondary N) is 1. The normalized spacial score (nSPS) is 12.9. The van der Waals surface area contributed by atoms with Gasteiger partial charge in [-0.25, -0.2) is 5.48 Å². The van der Waals surface area contributed by atoms with Gasteiger partial charge in [0.1, 0.15) is 0 Å². The van der Waals surface area contributed by atoms with E-state index >= 15 is 0 Å². The van der Waals surface area contributed by atoms with E-state index < -0.39 is 0 Å². The largest absolute Gasteiger partial charge is 0.330 e. The first-order valence-corrected chi connectivity index (χ1v) is 5.13. The van der Waals surface area contributed by atoms with Crippen molar-refractivity contribution in [2.45, 2.75) is 33.1 Å². The first kappa shape index (κ1) is 13.4. The standard InChI is InChI=1S/C10H22N2O2/c1-8(2)9(6-7-11)4-5-10(13)12-14-3/h8-9H,4-7,11H2,1-3H3,(H,12,13). The van der Waals surface area contributed by atoms with Crippen molar-refractivity contribution in [2.24, 2.45) is 17.6 Å². The molecule has 0 aliphatic rings. The molecule has 0 heterocycles. The third kappa shape index (κ3) is 5.94. The van der Waals surface area contributed by atoms with Crippen LogP contribution < -0.4 is 11.2 Å². The number of rotatable bonds is 7. The fourth-order valence-corrected chi connectivity index (χ4v) is 1.51. The van der Waals surface area contributed by atoms with Crippen molar-refractivity contribution in [2.75, 3.05) is 13.7 Å². The van der Waals surface area contributed by atoms with Crippen molar-refractivity contribution in [3.63, 3.8) is 0 Å². The van der Waals surface area contributed by atoms with E-state index in [1.165, 1.54) is 7.11 Å². The van der Waals surface area contributed by atoms with Gasteiger partial charge in [-0.1, -0.05) is 13.8 Å². The Kier molecular flexibility index (Phi) is 7.42. The predicted molar refractivity (Wildman–Crippen MR) is 56.4 cm³/mol. The highest BCUT2D eigenvalue weighted by atomic mass is 16.6. The lowest BCUT2D eigenvalue weighted by molar-refractivity contribution is -0.131. The number of hydroxylamine groups is 1. The van der Waals surface area contributed by atoms with Gasteiger partial charge < -0.3 is 5.73 Å². The van der Waals surface area contributed by atoms with Crippen molar-refractivity contribution >= 4 is 5.91 Å². The molecule has 0 aromatic rings. The van der Waals surface area contributed by atoms with Crippen LogP contribution in [0.2, 0.25) is 0 Å². The van der Waals surface area contributed by atoms with Gasteiger partial charge in [-0.3, -0.25) is 9.63 Å². The molecule has 1 unspecified atom stereocenters. The molecule has 0 saturated carbocycles. The summed E-state index contributed by atoms with van der Waals surface area (Å²) in [4.78, 5) is 15.6. The quantitative estimate of drug-likeness (QED) is 0.607. The molecule has 84 valence electrons. The Labute approximate surface area is 86.1 Å². The minimum absolute atomic E-state index is 0.0600. The highest BCUT2D eigenvalue weighted by Crippen LogP contribution is 2.20. The topological polar surface area (TPSA) is 64.3 Å². The summed E-state index contributed by atoms with van der Waals surface area (Å²) in [5.41, 5.74) is 7.82. The molecule has 0 rings (SSSR count). The van der Waals surface area contributed by atoms with E-state index in [0.717, 1.165) is 12.8 Å². The predicted octanol–water partition coefficient (Wildman–Crippen LogP) is 1.07. The van der Waals surface area contributed by atoms with Crippen molar-refractivity contribution < 1.29 is 9.63 Å². The number of hydrogen-bond acceptors (Lipinski definition) is 3. The van der Waals surface area contributed by atoms with Crippen LogP contribution in [0.5, 0.6) is 0 Å². The van der Waals surface area contributed by atoms with Crippen LogP contribution in [0.3, 0.4) is 0 Å². The number of carbonyl (C=O) groups is 1. The van der Waals surface area contributed by atoms with Crippen LogP contribution in [-0.2, 0) is 9.63 Å². The molecule has 0 aromatic carbocycles. The van der Waals surface area contributed by atoms with Gasteiger partial charge in [0.15, 0.2) is 0 Å². The van der Waals surface area contributed by atoms with Crippen LogP contribution in [0.1, 0.15) is 33.1 Å². The minimum atomic E-state index is -0.0600. The Hall–Kier alpha value is -0.610. The summed E-state index contributed by atoms with van der Waals surface area (Å²) in [5.74, 6) is 1.05. The van der Waals surface area contributed by atoms with E-state index in [0.29, 0.717) is 24.8 Å². The zero-order chi connectivity index (χ0) is 11.0. The summed E-state index contributed by atoms with van der Waals surface area (Å²) in [7, 11) is 1.44. The van der Waals surface area contributed by atoms with Gasteiger partial charge in [0.05, 0.1) is 7.11 Å². The Morgan fingerprint density at radius 1 is 1.43 bits per heavy atom. The molecule has 0 saturated heterocycles. The molecule has 0 bridgehead atoms. The number of amides is 1. The summed E-state index contributed by atoms with van der Waals surface area (Å²) < 4.78 is 0. The average Bonchev–Trinajstić information content (AvgIpc) is 2.12.